The van der Waals surface area contributed by atoms with Crippen LogP contribution in [0.25, 0.3) is 0 Å². The van der Waals surface area contributed by atoms with Crippen LogP contribution in [-0.2, 0) is 9.53 Å². The molecule has 6 nitrogen and oxygen atoms in total. The summed E-state index contributed by atoms with van der Waals surface area (Å²) in [5.74, 6) is -1.23. The summed E-state index contributed by atoms with van der Waals surface area (Å²) in [6, 6.07) is 4.47. The number of amides is 1. The summed E-state index contributed by atoms with van der Waals surface area (Å²) in [5.41, 5.74) is -0.0922. The number of aromatic nitrogens is 1. The fraction of sp³-hybridized carbons (Fsp3) is 0.364. The van der Waals surface area contributed by atoms with Crippen LogP contribution < -0.4 is 5.32 Å². The minimum absolute atomic E-state index is 0.0922. The second-order valence-electron chi connectivity index (χ2n) is 3.76. The molecule has 1 aliphatic heterocycles. The van der Waals surface area contributed by atoms with Crippen LogP contribution in [-0.4, -0.2) is 35.2 Å². The van der Waals surface area contributed by atoms with E-state index in [-0.39, 0.29) is 23.3 Å². The van der Waals surface area contributed by atoms with E-state index in [1.165, 1.54) is 12.1 Å². The smallest absolute Gasteiger partial charge is 0.354 e. The van der Waals surface area contributed by atoms with Gasteiger partial charge in [0.2, 0.25) is 5.91 Å². The zero-order valence-corrected chi connectivity index (χ0v) is 9.05. The molecule has 17 heavy (non-hydrogen) atoms. The summed E-state index contributed by atoms with van der Waals surface area (Å²) in [7, 11) is 0. The van der Waals surface area contributed by atoms with Crippen molar-refractivity contribution in [3.05, 3.63) is 23.9 Å². The number of carboxylic acids is 1. The van der Waals surface area contributed by atoms with Crippen LogP contribution in [0.1, 0.15) is 16.9 Å². The molecule has 0 aliphatic carbocycles. The number of pyridine rings is 1. The normalized spacial score (nSPS) is 18.9. The first-order chi connectivity index (χ1) is 8.16. The second kappa shape index (κ2) is 4.92. The number of rotatable bonds is 3. The molecule has 1 aromatic rings. The number of aromatic carboxylic acids is 1. The highest BCUT2D eigenvalue weighted by Gasteiger charge is 2.23. The van der Waals surface area contributed by atoms with Gasteiger partial charge in [0.1, 0.15) is 5.82 Å². The van der Waals surface area contributed by atoms with E-state index in [4.69, 9.17) is 9.84 Å². The molecule has 90 valence electrons. The minimum atomic E-state index is -1.12. The van der Waals surface area contributed by atoms with Gasteiger partial charge in [-0.25, -0.2) is 9.78 Å². The lowest BCUT2D eigenvalue weighted by molar-refractivity contribution is -0.119. The van der Waals surface area contributed by atoms with Gasteiger partial charge in [-0.1, -0.05) is 6.07 Å². The van der Waals surface area contributed by atoms with Gasteiger partial charge >= 0.3 is 5.97 Å². The van der Waals surface area contributed by atoms with Crippen LogP contribution in [0.3, 0.4) is 0 Å². The lowest BCUT2D eigenvalue weighted by atomic mass is 10.1. The Morgan fingerprint density at radius 3 is 2.94 bits per heavy atom. The number of nitrogens with zero attached hydrogens (tertiary/aromatic N) is 1. The minimum Gasteiger partial charge on any atom is -0.477 e. The van der Waals surface area contributed by atoms with Crippen molar-refractivity contribution >= 4 is 17.7 Å². The molecule has 1 fully saturated rings. The number of hydrogen-bond donors (Lipinski definition) is 2. The highest BCUT2D eigenvalue weighted by molar-refractivity contribution is 5.93. The van der Waals surface area contributed by atoms with Gasteiger partial charge < -0.3 is 15.2 Å². The van der Waals surface area contributed by atoms with Gasteiger partial charge in [0, 0.05) is 6.61 Å². The van der Waals surface area contributed by atoms with Crippen LogP contribution in [0.2, 0.25) is 0 Å². The Kier molecular flexibility index (Phi) is 3.34. The van der Waals surface area contributed by atoms with Gasteiger partial charge in [0.05, 0.1) is 12.5 Å². The quantitative estimate of drug-likeness (QED) is 0.808. The molecule has 0 aromatic carbocycles. The maximum Gasteiger partial charge on any atom is 0.354 e. The van der Waals surface area contributed by atoms with E-state index in [2.05, 4.69) is 10.3 Å². The van der Waals surface area contributed by atoms with Crippen molar-refractivity contribution in [2.75, 3.05) is 18.5 Å². The maximum atomic E-state index is 11.7. The van der Waals surface area contributed by atoms with Gasteiger partial charge in [0.25, 0.3) is 0 Å². The molecule has 1 amide bonds. The number of carbonyl (C=O) groups is 2. The molecule has 2 N–H and O–H groups in total. The van der Waals surface area contributed by atoms with E-state index < -0.39 is 5.97 Å². The third-order valence-electron chi connectivity index (χ3n) is 2.52. The summed E-state index contributed by atoms with van der Waals surface area (Å²) in [5, 5.41) is 11.3. The number of nitrogens with one attached hydrogen (secondary N) is 1. The Balaban J connectivity index is 2.05. The van der Waals surface area contributed by atoms with Crippen molar-refractivity contribution in [1.82, 2.24) is 4.98 Å². The van der Waals surface area contributed by atoms with Crippen LogP contribution in [0.15, 0.2) is 18.2 Å². The molecule has 1 saturated heterocycles. The summed E-state index contributed by atoms with van der Waals surface area (Å²) < 4.78 is 5.10. The highest BCUT2D eigenvalue weighted by Crippen LogP contribution is 2.15. The first kappa shape index (κ1) is 11.5. The van der Waals surface area contributed by atoms with E-state index >= 15 is 0 Å². The van der Waals surface area contributed by atoms with Crippen molar-refractivity contribution in [3.63, 3.8) is 0 Å². The summed E-state index contributed by atoms with van der Waals surface area (Å²) in [6.07, 6.45) is 0.685. The number of carbonyl (C=O) groups excluding carboxylic acids is 1. The molecule has 1 unspecified atom stereocenters. The molecule has 1 aliphatic rings. The van der Waals surface area contributed by atoms with Crippen molar-refractivity contribution in [2.45, 2.75) is 6.42 Å². The molecule has 0 spiro atoms. The van der Waals surface area contributed by atoms with E-state index in [1.807, 2.05) is 0 Å². The van der Waals surface area contributed by atoms with Gasteiger partial charge in [-0.2, -0.15) is 0 Å². The Labute approximate surface area is 97.6 Å². The van der Waals surface area contributed by atoms with Crippen molar-refractivity contribution in [1.29, 1.82) is 0 Å². The van der Waals surface area contributed by atoms with E-state index in [1.54, 1.807) is 6.07 Å². The predicted octanol–water partition coefficient (Wildman–Crippen LogP) is 0.755. The first-order valence-corrected chi connectivity index (χ1v) is 5.26. The number of hydrogen-bond acceptors (Lipinski definition) is 4. The molecule has 2 heterocycles. The molecule has 1 atom stereocenters. The lowest BCUT2D eigenvalue weighted by Gasteiger charge is -2.08. The van der Waals surface area contributed by atoms with Crippen LogP contribution in [0.4, 0.5) is 5.82 Å². The topological polar surface area (TPSA) is 88.5 Å². The largest absolute Gasteiger partial charge is 0.477 e. The number of ether oxygens (including phenoxy) is 1. The van der Waals surface area contributed by atoms with Gasteiger partial charge in [0.15, 0.2) is 5.69 Å². The fourth-order valence-electron chi connectivity index (χ4n) is 1.59. The molecule has 6 heteroatoms. The Bertz CT molecular complexity index is 441. The Morgan fingerprint density at radius 2 is 2.29 bits per heavy atom. The SMILES string of the molecule is O=C(O)c1cccc(NC(=O)C2CCOC2)n1. The standard InChI is InChI=1S/C11H12N2O4/c14-10(7-4-5-17-6-7)13-9-3-1-2-8(12-9)11(15)16/h1-3,7H,4-6H2,(H,15,16)(H,12,13,14). The summed E-state index contributed by atoms with van der Waals surface area (Å²) in [4.78, 5) is 26.2. The second-order valence-corrected chi connectivity index (χ2v) is 3.76. The monoisotopic (exact) mass is 236 g/mol. The van der Waals surface area contributed by atoms with E-state index in [0.717, 1.165) is 0 Å². The van der Waals surface area contributed by atoms with Crippen LogP contribution in [0, 0.1) is 5.92 Å². The van der Waals surface area contributed by atoms with E-state index in [9.17, 15) is 9.59 Å². The zero-order chi connectivity index (χ0) is 12.3. The van der Waals surface area contributed by atoms with Gasteiger partial charge in [-0.15, -0.1) is 0 Å². The molecule has 0 radical (unpaired) electrons. The van der Waals surface area contributed by atoms with Crippen LogP contribution >= 0.6 is 0 Å². The number of carboxylic acid groups (broad SMARTS) is 1. The molecule has 0 bridgehead atoms. The highest BCUT2D eigenvalue weighted by atomic mass is 16.5. The maximum absolute atomic E-state index is 11.7. The molecule has 1 aromatic heterocycles. The third-order valence-corrected chi connectivity index (χ3v) is 2.52. The first-order valence-electron chi connectivity index (χ1n) is 5.26. The predicted molar refractivity (Wildman–Crippen MR) is 58.8 cm³/mol. The average Bonchev–Trinajstić information content (AvgIpc) is 2.82. The molecular formula is C11H12N2O4. The van der Waals surface area contributed by atoms with Crippen molar-refractivity contribution in [2.24, 2.45) is 5.92 Å². The zero-order valence-electron chi connectivity index (χ0n) is 9.05. The van der Waals surface area contributed by atoms with Gasteiger partial charge in [-0.3, -0.25) is 4.79 Å². The average molecular weight is 236 g/mol. The van der Waals surface area contributed by atoms with Crippen molar-refractivity contribution in [3.8, 4) is 0 Å². The molecular weight excluding hydrogens is 224 g/mol. The summed E-state index contributed by atoms with van der Waals surface area (Å²) >= 11 is 0. The molecule has 2 rings (SSSR count). The lowest BCUT2D eigenvalue weighted by Crippen LogP contribution is -2.23. The fourth-order valence-corrected chi connectivity index (χ4v) is 1.59. The van der Waals surface area contributed by atoms with Crippen molar-refractivity contribution < 1.29 is 19.4 Å². The van der Waals surface area contributed by atoms with E-state index in [0.29, 0.717) is 19.6 Å². The summed E-state index contributed by atoms with van der Waals surface area (Å²) in [6.45, 7) is 0.991. The van der Waals surface area contributed by atoms with Gasteiger partial charge in [-0.05, 0) is 18.6 Å². The van der Waals surface area contributed by atoms with Crippen LogP contribution in [0.5, 0.6) is 0 Å². The third kappa shape index (κ3) is 2.79. The Hall–Kier alpha value is -1.95. The Morgan fingerprint density at radius 1 is 1.47 bits per heavy atom. The molecule has 0 saturated carbocycles. The number of anilines is 1.